The van der Waals surface area contributed by atoms with Crippen LogP contribution in [0.15, 0.2) is 47.4 Å². The molecule has 1 unspecified atom stereocenters. The summed E-state index contributed by atoms with van der Waals surface area (Å²) in [5, 5.41) is 0.719. The minimum Gasteiger partial charge on any atom is -0.337 e. The van der Waals surface area contributed by atoms with Crippen LogP contribution in [-0.2, 0) is 34.2 Å². The number of benzene rings is 2. The quantitative estimate of drug-likeness (QED) is 0.829. The predicted molar refractivity (Wildman–Crippen MR) is 94.8 cm³/mol. The molecule has 4 rings (SSSR count). The second-order valence-electron chi connectivity index (χ2n) is 6.37. The molecule has 0 aliphatic carbocycles. The fourth-order valence-electron chi connectivity index (χ4n) is 3.56. The van der Waals surface area contributed by atoms with E-state index >= 15 is 0 Å². The number of nitrogens with zero attached hydrogens (tertiary/aromatic N) is 1. The van der Waals surface area contributed by atoms with Crippen LogP contribution in [0.5, 0.6) is 0 Å². The van der Waals surface area contributed by atoms with Gasteiger partial charge in [-0.1, -0.05) is 41.9 Å². The molecule has 25 heavy (non-hydrogen) atoms. The zero-order chi connectivity index (χ0) is 17.6. The molecular formula is C18H17ClN2O3S. The third-order valence-electron chi connectivity index (χ3n) is 4.80. The molecule has 2 heterocycles. The maximum Gasteiger partial charge on any atom is 0.241 e. The van der Waals surface area contributed by atoms with E-state index in [1.165, 1.54) is 0 Å². The molecule has 0 aromatic heterocycles. The summed E-state index contributed by atoms with van der Waals surface area (Å²) in [7, 11) is -3.66. The fraction of sp³-hybridized carbons (Fsp3) is 0.278. The van der Waals surface area contributed by atoms with Crippen molar-refractivity contribution in [2.75, 3.05) is 6.54 Å². The molecule has 7 heteroatoms. The number of hydrogen-bond acceptors (Lipinski definition) is 3. The van der Waals surface area contributed by atoms with E-state index in [0.717, 1.165) is 16.1 Å². The maximum absolute atomic E-state index is 12.9. The van der Waals surface area contributed by atoms with E-state index < -0.39 is 16.1 Å². The van der Waals surface area contributed by atoms with Crippen LogP contribution in [0.2, 0.25) is 5.02 Å². The number of hydrogen-bond donors (Lipinski definition) is 1. The van der Waals surface area contributed by atoms with Gasteiger partial charge < -0.3 is 4.90 Å². The highest BCUT2D eigenvalue weighted by molar-refractivity contribution is 7.89. The number of carbonyl (C=O) groups excluding carboxylic acids is 1. The Kier molecular flexibility index (Phi) is 4.06. The lowest BCUT2D eigenvalue weighted by Gasteiger charge is -2.34. The van der Waals surface area contributed by atoms with Gasteiger partial charge in [0.05, 0.1) is 4.90 Å². The zero-order valence-electron chi connectivity index (χ0n) is 13.4. The first-order chi connectivity index (χ1) is 12.0. The molecule has 1 atom stereocenters. The van der Waals surface area contributed by atoms with Gasteiger partial charge in [-0.15, -0.1) is 0 Å². The van der Waals surface area contributed by atoms with E-state index in [0.29, 0.717) is 31.5 Å². The van der Waals surface area contributed by atoms with Crippen LogP contribution in [0.25, 0.3) is 0 Å². The third-order valence-corrected chi connectivity index (χ3v) is 6.73. The lowest BCUT2D eigenvalue weighted by molar-refractivity contribution is -0.134. The summed E-state index contributed by atoms with van der Waals surface area (Å²) in [6, 6.07) is 11.7. The summed E-state index contributed by atoms with van der Waals surface area (Å²) < 4.78 is 27.4. The first-order valence-corrected chi connectivity index (χ1v) is 9.97. The smallest absolute Gasteiger partial charge is 0.241 e. The van der Waals surface area contributed by atoms with Gasteiger partial charge in [-0.3, -0.25) is 4.79 Å². The van der Waals surface area contributed by atoms with Gasteiger partial charge in [0.15, 0.2) is 0 Å². The molecule has 0 saturated heterocycles. The lowest BCUT2D eigenvalue weighted by Crippen LogP contribution is -2.52. The van der Waals surface area contributed by atoms with Crippen molar-refractivity contribution in [3.8, 4) is 0 Å². The Balaban J connectivity index is 1.59. The fourth-order valence-corrected chi connectivity index (χ4v) is 5.28. The second-order valence-corrected chi connectivity index (χ2v) is 8.46. The summed E-state index contributed by atoms with van der Waals surface area (Å²) in [5.74, 6) is -0.191. The monoisotopic (exact) mass is 376 g/mol. The maximum atomic E-state index is 12.9. The highest BCUT2D eigenvalue weighted by Crippen LogP contribution is 2.28. The summed E-state index contributed by atoms with van der Waals surface area (Å²) in [5.41, 5.74) is 2.77. The molecule has 1 N–H and O–H groups in total. The van der Waals surface area contributed by atoms with Crippen LogP contribution in [0, 0.1) is 0 Å². The Hall–Kier alpha value is -1.89. The van der Waals surface area contributed by atoms with Crippen molar-refractivity contribution in [1.82, 2.24) is 9.62 Å². The van der Waals surface area contributed by atoms with Crippen LogP contribution < -0.4 is 4.72 Å². The van der Waals surface area contributed by atoms with Gasteiger partial charge in [0.1, 0.15) is 6.04 Å². The first-order valence-electron chi connectivity index (χ1n) is 8.11. The van der Waals surface area contributed by atoms with E-state index in [4.69, 9.17) is 11.6 Å². The molecule has 0 spiro atoms. The molecule has 2 aliphatic heterocycles. The van der Waals surface area contributed by atoms with Crippen LogP contribution in [0.4, 0.5) is 0 Å². The Morgan fingerprint density at radius 3 is 2.72 bits per heavy atom. The van der Waals surface area contributed by atoms with Crippen LogP contribution in [0.3, 0.4) is 0 Å². The predicted octanol–water partition coefficient (Wildman–Crippen LogP) is 2.13. The lowest BCUT2D eigenvalue weighted by atomic mass is 9.98. The number of fused-ring (bicyclic) bond motifs is 2. The zero-order valence-corrected chi connectivity index (χ0v) is 15.0. The number of rotatable bonds is 1. The Labute approximate surface area is 151 Å². The number of amides is 1. The van der Waals surface area contributed by atoms with Crippen molar-refractivity contribution in [1.29, 1.82) is 0 Å². The van der Waals surface area contributed by atoms with Gasteiger partial charge >= 0.3 is 0 Å². The second kappa shape index (κ2) is 6.12. The van der Waals surface area contributed by atoms with Crippen molar-refractivity contribution in [2.24, 2.45) is 0 Å². The van der Waals surface area contributed by atoms with Gasteiger partial charge in [-0.25, -0.2) is 8.42 Å². The minimum absolute atomic E-state index is 0.191. The van der Waals surface area contributed by atoms with Gasteiger partial charge in [0.2, 0.25) is 15.9 Å². The molecule has 2 aromatic carbocycles. The normalized spacial score (nSPS) is 21.3. The Morgan fingerprint density at radius 1 is 1.12 bits per heavy atom. The van der Waals surface area contributed by atoms with Crippen LogP contribution in [-0.4, -0.2) is 31.8 Å². The number of sulfonamides is 1. The number of nitrogens with one attached hydrogen (secondary N) is 1. The number of carbonyl (C=O) groups is 1. The van der Waals surface area contributed by atoms with Gasteiger partial charge in [0, 0.05) is 18.1 Å². The van der Waals surface area contributed by atoms with Crippen molar-refractivity contribution in [3.05, 3.63) is 64.2 Å². The summed E-state index contributed by atoms with van der Waals surface area (Å²) in [4.78, 5) is 14.9. The average molecular weight is 377 g/mol. The highest BCUT2D eigenvalue weighted by Gasteiger charge is 2.36. The molecule has 0 bridgehead atoms. The van der Waals surface area contributed by atoms with E-state index in [1.807, 2.05) is 18.2 Å². The first kappa shape index (κ1) is 16.6. The van der Waals surface area contributed by atoms with E-state index in [1.54, 1.807) is 29.2 Å². The molecule has 0 saturated carbocycles. The van der Waals surface area contributed by atoms with Gasteiger partial charge in [0.25, 0.3) is 0 Å². The molecule has 130 valence electrons. The van der Waals surface area contributed by atoms with Crippen molar-refractivity contribution >= 4 is 27.5 Å². The Morgan fingerprint density at radius 2 is 1.88 bits per heavy atom. The third kappa shape index (κ3) is 2.94. The molecule has 5 nitrogen and oxygen atoms in total. The highest BCUT2D eigenvalue weighted by atomic mass is 35.5. The van der Waals surface area contributed by atoms with Crippen molar-refractivity contribution in [2.45, 2.75) is 30.3 Å². The summed E-state index contributed by atoms with van der Waals surface area (Å²) in [6.07, 6.45) is 1.05. The van der Waals surface area contributed by atoms with Crippen molar-refractivity contribution in [3.63, 3.8) is 0 Å². The molecule has 0 radical (unpaired) electrons. The number of halogens is 1. The molecule has 2 aromatic rings. The van der Waals surface area contributed by atoms with E-state index in [2.05, 4.69) is 4.72 Å². The standard InChI is InChI=1S/C18H17ClN2O3S/c19-15-6-3-5-13-11-21(9-8-14(13)15)18(22)16-10-12-4-1-2-7-17(12)25(23,24)20-16/h1-7,16,20H,8-11H2. The molecule has 0 fully saturated rings. The Bertz CT molecular complexity index is 959. The SMILES string of the molecule is O=C(C1Cc2ccccc2S(=O)(=O)N1)N1CCc2c(Cl)cccc2C1. The van der Waals surface area contributed by atoms with Crippen LogP contribution >= 0.6 is 11.6 Å². The largest absolute Gasteiger partial charge is 0.337 e. The molecular weight excluding hydrogens is 360 g/mol. The van der Waals surface area contributed by atoms with Gasteiger partial charge in [-0.2, -0.15) is 4.72 Å². The molecule has 1 amide bonds. The average Bonchev–Trinajstić information content (AvgIpc) is 2.60. The van der Waals surface area contributed by atoms with E-state index in [-0.39, 0.29) is 10.8 Å². The van der Waals surface area contributed by atoms with E-state index in [9.17, 15) is 13.2 Å². The minimum atomic E-state index is -3.66. The van der Waals surface area contributed by atoms with Crippen LogP contribution in [0.1, 0.15) is 16.7 Å². The summed E-state index contributed by atoms with van der Waals surface area (Å²) >= 11 is 6.22. The van der Waals surface area contributed by atoms with Gasteiger partial charge in [-0.05, 0) is 41.7 Å². The topological polar surface area (TPSA) is 66.5 Å². The van der Waals surface area contributed by atoms with Crippen molar-refractivity contribution < 1.29 is 13.2 Å². The molecule has 2 aliphatic rings. The summed E-state index contributed by atoms with van der Waals surface area (Å²) in [6.45, 7) is 0.990.